The molecule has 0 bridgehead atoms. The summed E-state index contributed by atoms with van der Waals surface area (Å²) in [5.74, 6) is 1.89. The molecule has 1 fully saturated rings. The minimum absolute atomic E-state index is 0.406. The first-order valence-electron chi connectivity index (χ1n) is 6.99. The molecule has 2 unspecified atom stereocenters. The lowest BCUT2D eigenvalue weighted by atomic mass is 10.1. The van der Waals surface area contributed by atoms with E-state index in [1.54, 1.807) is 0 Å². The van der Waals surface area contributed by atoms with Crippen molar-refractivity contribution in [2.45, 2.75) is 46.1 Å². The van der Waals surface area contributed by atoms with Gasteiger partial charge in [0.2, 0.25) is 0 Å². The van der Waals surface area contributed by atoms with Crippen molar-refractivity contribution in [1.29, 1.82) is 0 Å². The lowest BCUT2D eigenvalue weighted by molar-refractivity contribution is 0.201. The molecule has 0 amide bonds. The molecule has 1 aromatic carbocycles. The van der Waals surface area contributed by atoms with Crippen molar-refractivity contribution in [3.05, 3.63) is 28.8 Å². The molecule has 0 spiro atoms. The third kappa shape index (κ3) is 3.05. The molecule has 100 valence electrons. The summed E-state index contributed by atoms with van der Waals surface area (Å²) in [5.41, 5.74) is 3.85. The Bertz CT molecular complexity index is 391. The van der Waals surface area contributed by atoms with Gasteiger partial charge in [-0.15, -0.1) is 0 Å². The molecule has 0 heterocycles. The van der Waals surface area contributed by atoms with E-state index in [9.17, 15) is 0 Å². The van der Waals surface area contributed by atoms with Crippen LogP contribution >= 0.6 is 0 Å². The van der Waals surface area contributed by atoms with Crippen LogP contribution in [0.25, 0.3) is 0 Å². The second-order valence-corrected chi connectivity index (χ2v) is 5.70. The van der Waals surface area contributed by atoms with Crippen molar-refractivity contribution in [3.8, 4) is 5.75 Å². The second kappa shape index (κ2) is 5.75. The molecular weight excluding hydrogens is 222 g/mol. The zero-order valence-electron chi connectivity index (χ0n) is 12.0. The normalized spacial score (nSPS) is 23.3. The highest BCUT2D eigenvalue weighted by Gasteiger charge is 2.26. The Morgan fingerprint density at radius 1 is 1.17 bits per heavy atom. The quantitative estimate of drug-likeness (QED) is 0.880. The van der Waals surface area contributed by atoms with Crippen molar-refractivity contribution < 1.29 is 4.74 Å². The second-order valence-electron chi connectivity index (χ2n) is 5.70. The molecule has 2 rings (SSSR count). The van der Waals surface area contributed by atoms with E-state index in [0.29, 0.717) is 6.10 Å². The summed E-state index contributed by atoms with van der Waals surface area (Å²) in [6.07, 6.45) is 4.07. The lowest BCUT2D eigenvalue weighted by Crippen LogP contribution is -2.19. The highest BCUT2D eigenvalue weighted by molar-refractivity contribution is 5.43. The summed E-state index contributed by atoms with van der Waals surface area (Å²) >= 11 is 0. The Labute approximate surface area is 111 Å². The Balaban J connectivity index is 2.02. The molecule has 1 aliphatic carbocycles. The maximum absolute atomic E-state index is 6.24. The van der Waals surface area contributed by atoms with Crippen LogP contribution in [0.15, 0.2) is 12.1 Å². The first-order chi connectivity index (χ1) is 8.60. The zero-order valence-corrected chi connectivity index (χ0v) is 12.0. The summed E-state index contributed by atoms with van der Waals surface area (Å²) in [5, 5.41) is 3.27. The van der Waals surface area contributed by atoms with Crippen LogP contribution in [-0.2, 0) is 0 Å². The minimum Gasteiger partial charge on any atom is -0.490 e. The molecule has 2 nitrogen and oxygen atoms in total. The first kappa shape index (κ1) is 13.4. The first-order valence-corrected chi connectivity index (χ1v) is 6.99. The van der Waals surface area contributed by atoms with Gasteiger partial charge in [-0.2, -0.15) is 0 Å². The van der Waals surface area contributed by atoms with Crippen LogP contribution in [0.2, 0.25) is 0 Å². The molecule has 2 heteroatoms. The predicted octanol–water partition coefficient (Wildman–Crippen LogP) is 3.38. The Morgan fingerprint density at radius 3 is 2.44 bits per heavy atom. The van der Waals surface area contributed by atoms with Crippen LogP contribution in [0.4, 0.5) is 0 Å². The molecule has 18 heavy (non-hydrogen) atoms. The Hall–Kier alpha value is -1.02. The molecule has 0 aliphatic heterocycles. The van der Waals surface area contributed by atoms with Crippen LogP contribution in [0.1, 0.15) is 36.0 Å². The maximum atomic E-state index is 6.24. The summed E-state index contributed by atoms with van der Waals surface area (Å²) in [6.45, 7) is 7.55. The standard InChI is InChI=1S/C16H25NO/c1-11-7-12(2)16(13(3)8-11)18-15-6-5-14(9-15)10-17-4/h7-8,14-15,17H,5-6,9-10H2,1-4H3. The zero-order chi connectivity index (χ0) is 13.1. The average Bonchev–Trinajstić information content (AvgIpc) is 2.72. The topological polar surface area (TPSA) is 21.3 Å². The van der Waals surface area contributed by atoms with Gasteiger partial charge in [-0.25, -0.2) is 0 Å². The van der Waals surface area contributed by atoms with Crippen molar-refractivity contribution in [1.82, 2.24) is 5.32 Å². The molecule has 0 radical (unpaired) electrons. The number of aryl methyl sites for hydroxylation is 3. The predicted molar refractivity (Wildman–Crippen MR) is 76.3 cm³/mol. The van der Waals surface area contributed by atoms with Gasteiger partial charge in [0, 0.05) is 0 Å². The van der Waals surface area contributed by atoms with Crippen LogP contribution in [0.3, 0.4) is 0 Å². The number of ether oxygens (including phenoxy) is 1. The molecule has 0 aromatic heterocycles. The number of benzene rings is 1. The Kier molecular flexibility index (Phi) is 4.28. The van der Waals surface area contributed by atoms with Crippen molar-refractivity contribution in [3.63, 3.8) is 0 Å². The van der Waals surface area contributed by atoms with E-state index >= 15 is 0 Å². The average molecular weight is 247 g/mol. The largest absolute Gasteiger partial charge is 0.490 e. The fourth-order valence-corrected chi connectivity index (χ4v) is 3.13. The summed E-state index contributed by atoms with van der Waals surface area (Å²) < 4.78 is 6.24. The van der Waals surface area contributed by atoms with Gasteiger partial charge in [0.05, 0.1) is 6.10 Å². The number of hydrogen-bond acceptors (Lipinski definition) is 2. The fourth-order valence-electron chi connectivity index (χ4n) is 3.13. The summed E-state index contributed by atoms with van der Waals surface area (Å²) in [6, 6.07) is 4.42. The molecule has 1 aliphatic rings. The van der Waals surface area contributed by atoms with Crippen molar-refractivity contribution >= 4 is 0 Å². The van der Waals surface area contributed by atoms with E-state index in [2.05, 4.69) is 38.2 Å². The van der Waals surface area contributed by atoms with E-state index < -0.39 is 0 Å². The summed E-state index contributed by atoms with van der Waals surface area (Å²) in [4.78, 5) is 0. The number of rotatable bonds is 4. The highest BCUT2D eigenvalue weighted by Crippen LogP contribution is 2.32. The SMILES string of the molecule is CNCC1CCC(Oc2c(C)cc(C)cc2C)C1. The van der Waals surface area contributed by atoms with E-state index in [1.165, 1.54) is 36.0 Å². The van der Waals surface area contributed by atoms with Crippen molar-refractivity contribution in [2.24, 2.45) is 5.92 Å². The van der Waals surface area contributed by atoms with Gasteiger partial charge in [-0.1, -0.05) is 17.7 Å². The molecule has 1 N–H and O–H groups in total. The van der Waals surface area contributed by atoms with Gasteiger partial charge in [-0.3, -0.25) is 0 Å². The number of hydrogen-bond donors (Lipinski definition) is 1. The van der Waals surface area contributed by atoms with Crippen LogP contribution in [-0.4, -0.2) is 19.7 Å². The third-order valence-corrected chi connectivity index (χ3v) is 3.88. The van der Waals surface area contributed by atoms with Gasteiger partial charge in [0.1, 0.15) is 5.75 Å². The smallest absolute Gasteiger partial charge is 0.125 e. The van der Waals surface area contributed by atoms with Gasteiger partial charge in [0.15, 0.2) is 0 Å². The van der Waals surface area contributed by atoms with E-state index in [4.69, 9.17) is 4.74 Å². The number of nitrogens with one attached hydrogen (secondary N) is 1. The van der Waals surface area contributed by atoms with E-state index in [1.807, 2.05) is 7.05 Å². The monoisotopic (exact) mass is 247 g/mol. The van der Waals surface area contributed by atoms with Gasteiger partial charge >= 0.3 is 0 Å². The highest BCUT2D eigenvalue weighted by atomic mass is 16.5. The minimum atomic E-state index is 0.406. The van der Waals surface area contributed by atoms with E-state index in [-0.39, 0.29) is 0 Å². The van der Waals surface area contributed by atoms with Crippen LogP contribution in [0, 0.1) is 26.7 Å². The van der Waals surface area contributed by atoms with E-state index in [0.717, 1.165) is 18.2 Å². The molecule has 1 saturated carbocycles. The van der Waals surface area contributed by atoms with Crippen LogP contribution in [0.5, 0.6) is 5.75 Å². The molecule has 2 atom stereocenters. The third-order valence-electron chi connectivity index (χ3n) is 3.88. The lowest BCUT2D eigenvalue weighted by Gasteiger charge is -2.18. The summed E-state index contributed by atoms with van der Waals surface area (Å²) in [7, 11) is 2.03. The van der Waals surface area contributed by atoms with Crippen molar-refractivity contribution in [2.75, 3.05) is 13.6 Å². The molecule has 1 aromatic rings. The molecular formula is C16H25NO. The van der Waals surface area contributed by atoms with Gasteiger partial charge in [-0.05, 0) is 70.7 Å². The molecule has 0 saturated heterocycles. The van der Waals surface area contributed by atoms with Gasteiger partial charge in [0.25, 0.3) is 0 Å². The maximum Gasteiger partial charge on any atom is 0.125 e. The van der Waals surface area contributed by atoms with Crippen LogP contribution < -0.4 is 10.1 Å². The Morgan fingerprint density at radius 2 is 1.83 bits per heavy atom. The van der Waals surface area contributed by atoms with Gasteiger partial charge < -0.3 is 10.1 Å². The fraction of sp³-hybridized carbons (Fsp3) is 0.625.